The highest BCUT2D eigenvalue weighted by Crippen LogP contribution is 2.50. The average Bonchev–Trinajstić information content (AvgIpc) is 2.97. The molecule has 0 radical (unpaired) electrons. The third-order valence-corrected chi connectivity index (χ3v) is 7.75. The third kappa shape index (κ3) is 5.28. The van der Waals surface area contributed by atoms with Crippen molar-refractivity contribution in [1.29, 1.82) is 0 Å². The molecule has 2 fully saturated rings. The zero-order valence-corrected chi connectivity index (χ0v) is 20.5. The number of carbonyl (C=O) groups excluding carboxylic acids is 3. The molecule has 4 N–H and O–H groups in total. The molecule has 12 nitrogen and oxygen atoms in total. The molecule has 0 bridgehead atoms. The normalized spacial score (nSPS) is 24.1. The summed E-state index contributed by atoms with van der Waals surface area (Å²) in [6.45, 7) is 6.47. The number of carboxylic acid groups (broad SMARTS) is 1. The number of hydrogen-bond acceptors (Lipinski definition) is 8. The van der Waals surface area contributed by atoms with E-state index in [4.69, 9.17) is 4.74 Å². The van der Waals surface area contributed by atoms with Crippen LogP contribution in [0.15, 0.2) is 30.3 Å². The van der Waals surface area contributed by atoms with Crippen LogP contribution in [0.25, 0.3) is 0 Å². The molecule has 2 aliphatic heterocycles. The molecule has 2 heterocycles. The number of β-lactam (4-membered cyclic amide) rings is 1. The lowest BCUT2D eigenvalue weighted by Gasteiger charge is -2.44. The van der Waals surface area contributed by atoms with E-state index < -0.39 is 68.4 Å². The van der Waals surface area contributed by atoms with Crippen LogP contribution in [0, 0.1) is 0 Å². The molecule has 34 heavy (non-hydrogen) atoms. The second kappa shape index (κ2) is 9.43. The van der Waals surface area contributed by atoms with Gasteiger partial charge in [0.25, 0.3) is 0 Å². The predicted molar refractivity (Wildman–Crippen MR) is 122 cm³/mol. The largest absolute Gasteiger partial charge is 0.480 e. The monoisotopic (exact) mass is 514 g/mol. The number of hydrogen-bond donors (Lipinski definition) is 4. The van der Waals surface area contributed by atoms with Gasteiger partial charge in [-0.2, -0.15) is 13.1 Å². The maximum absolute atomic E-state index is 13.1. The SMILES string of the molecule is CC(C)OC(=O)NS(=O)(=O)NC(C(=O)N[C@@H]1C(=O)N2[C@@H]1SC(C)(C)[C@@H]2C(=O)O)c1ccccc1. The molecular formula is C20H26N4O8S2. The molecule has 1 unspecified atom stereocenters. The number of aliphatic carboxylic acids is 1. The van der Waals surface area contributed by atoms with Gasteiger partial charge in [0, 0.05) is 4.75 Å². The van der Waals surface area contributed by atoms with Crippen molar-refractivity contribution in [1.82, 2.24) is 19.7 Å². The lowest BCUT2D eigenvalue weighted by atomic mass is 9.95. The van der Waals surface area contributed by atoms with Crippen LogP contribution in [0.5, 0.6) is 0 Å². The van der Waals surface area contributed by atoms with Gasteiger partial charge in [-0.3, -0.25) is 9.59 Å². The van der Waals surface area contributed by atoms with Crippen LogP contribution >= 0.6 is 11.8 Å². The second-order valence-electron chi connectivity index (χ2n) is 8.61. The van der Waals surface area contributed by atoms with Gasteiger partial charge in [-0.05, 0) is 33.3 Å². The first kappa shape index (κ1) is 25.8. The molecule has 0 saturated carbocycles. The fraction of sp³-hybridized carbons (Fsp3) is 0.500. The highest BCUT2D eigenvalue weighted by molar-refractivity contribution is 8.01. The highest BCUT2D eigenvalue weighted by Gasteiger charge is 2.64. The first-order valence-corrected chi connectivity index (χ1v) is 12.7. The second-order valence-corrected chi connectivity index (χ2v) is 11.8. The van der Waals surface area contributed by atoms with E-state index in [-0.39, 0.29) is 5.56 Å². The van der Waals surface area contributed by atoms with Crippen LogP contribution in [0.4, 0.5) is 4.79 Å². The summed E-state index contributed by atoms with van der Waals surface area (Å²) in [6.07, 6.45) is -1.79. The third-order valence-electron chi connectivity index (χ3n) is 5.20. The van der Waals surface area contributed by atoms with Crippen molar-refractivity contribution in [2.24, 2.45) is 0 Å². The molecule has 3 rings (SSSR count). The average molecular weight is 515 g/mol. The zero-order valence-electron chi connectivity index (χ0n) is 18.8. The molecule has 0 aromatic heterocycles. The standard InChI is InChI=1S/C20H26N4O8S2/c1-10(2)32-19(29)23-34(30,31)22-12(11-8-6-5-7-9-11)15(25)21-13-16(26)24-14(18(27)28)20(3,4)33-17(13)24/h5-10,12-14,17,22H,1-4H3,(H,21,25)(H,23,29)(H,27,28)/t12?,13-,14+,17-/m1/s1. The van der Waals surface area contributed by atoms with Crippen molar-refractivity contribution in [2.45, 2.75) is 62.0 Å². The maximum atomic E-state index is 13.1. The van der Waals surface area contributed by atoms with E-state index in [1.165, 1.54) is 42.6 Å². The van der Waals surface area contributed by atoms with Gasteiger partial charge >= 0.3 is 22.3 Å². The Morgan fingerprint density at radius 1 is 1.18 bits per heavy atom. The van der Waals surface area contributed by atoms with Crippen molar-refractivity contribution in [3.8, 4) is 0 Å². The number of carboxylic acids is 1. The number of benzene rings is 1. The minimum Gasteiger partial charge on any atom is -0.480 e. The number of thioether (sulfide) groups is 1. The molecule has 2 saturated heterocycles. The maximum Gasteiger partial charge on any atom is 0.422 e. The van der Waals surface area contributed by atoms with Crippen molar-refractivity contribution >= 4 is 45.8 Å². The minimum atomic E-state index is -4.53. The summed E-state index contributed by atoms with van der Waals surface area (Å²) in [4.78, 5) is 50.4. The highest BCUT2D eigenvalue weighted by atomic mass is 32.2. The Labute approximate surface area is 201 Å². The van der Waals surface area contributed by atoms with Crippen LogP contribution in [0.3, 0.4) is 0 Å². The van der Waals surface area contributed by atoms with Crippen LogP contribution < -0.4 is 14.8 Å². The summed E-state index contributed by atoms with van der Waals surface area (Å²) in [5.74, 6) is -2.56. The van der Waals surface area contributed by atoms with Crippen molar-refractivity contribution in [3.05, 3.63) is 35.9 Å². The quantitative estimate of drug-likeness (QED) is 0.357. The van der Waals surface area contributed by atoms with Crippen LogP contribution in [0.2, 0.25) is 0 Å². The summed E-state index contributed by atoms with van der Waals surface area (Å²) in [7, 11) is -4.53. The van der Waals surface area contributed by atoms with Crippen molar-refractivity contribution < 1.29 is 37.4 Å². The lowest BCUT2D eigenvalue weighted by molar-refractivity contribution is -0.161. The molecule has 3 amide bonds. The number of carbonyl (C=O) groups is 4. The summed E-state index contributed by atoms with van der Waals surface area (Å²) >= 11 is 1.24. The summed E-state index contributed by atoms with van der Waals surface area (Å²) < 4.78 is 32.7. The lowest BCUT2D eigenvalue weighted by Crippen LogP contribution is -2.71. The Balaban J connectivity index is 1.78. The number of nitrogens with one attached hydrogen (secondary N) is 3. The van der Waals surface area contributed by atoms with Gasteiger partial charge < -0.3 is 20.1 Å². The van der Waals surface area contributed by atoms with Crippen molar-refractivity contribution in [3.63, 3.8) is 0 Å². The Morgan fingerprint density at radius 3 is 2.35 bits per heavy atom. The molecular weight excluding hydrogens is 488 g/mol. The van der Waals surface area contributed by atoms with E-state index in [1.54, 1.807) is 36.8 Å². The topological polar surface area (TPSA) is 171 Å². The molecule has 1 aromatic carbocycles. The smallest absolute Gasteiger partial charge is 0.422 e. The minimum absolute atomic E-state index is 0.258. The van der Waals surface area contributed by atoms with Gasteiger partial charge in [0.2, 0.25) is 11.8 Å². The van der Waals surface area contributed by atoms with Gasteiger partial charge in [-0.1, -0.05) is 30.3 Å². The molecule has 4 atom stereocenters. The first-order chi connectivity index (χ1) is 15.7. The van der Waals surface area contributed by atoms with Gasteiger partial charge in [-0.15, -0.1) is 11.8 Å². The van der Waals surface area contributed by atoms with E-state index in [0.717, 1.165) is 0 Å². The predicted octanol–water partition coefficient (Wildman–Crippen LogP) is 0.328. The summed E-state index contributed by atoms with van der Waals surface area (Å²) in [6, 6.07) is 4.28. The number of rotatable bonds is 8. The Morgan fingerprint density at radius 2 is 1.79 bits per heavy atom. The Hall–Kier alpha value is -2.84. The van der Waals surface area contributed by atoms with E-state index in [2.05, 4.69) is 10.0 Å². The Bertz CT molecular complexity index is 1090. The molecule has 1 aromatic rings. The van der Waals surface area contributed by atoms with E-state index in [9.17, 15) is 32.7 Å². The number of ether oxygens (including phenoxy) is 1. The number of amides is 3. The zero-order chi connectivity index (χ0) is 25.4. The molecule has 0 spiro atoms. The van der Waals surface area contributed by atoms with Crippen LogP contribution in [-0.2, 0) is 29.3 Å². The molecule has 14 heteroatoms. The van der Waals surface area contributed by atoms with Gasteiger partial charge in [0.15, 0.2) is 0 Å². The molecule has 186 valence electrons. The van der Waals surface area contributed by atoms with E-state index in [1.807, 2.05) is 0 Å². The first-order valence-electron chi connectivity index (χ1n) is 10.3. The molecule has 2 aliphatic rings. The van der Waals surface area contributed by atoms with E-state index in [0.29, 0.717) is 0 Å². The summed E-state index contributed by atoms with van der Waals surface area (Å²) in [5.41, 5.74) is 0.258. The van der Waals surface area contributed by atoms with Crippen LogP contribution in [0.1, 0.15) is 39.3 Å². The fourth-order valence-electron chi connectivity index (χ4n) is 3.83. The number of nitrogens with zero attached hydrogens (tertiary/aromatic N) is 1. The van der Waals surface area contributed by atoms with Crippen molar-refractivity contribution in [2.75, 3.05) is 0 Å². The van der Waals surface area contributed by atoms with Crippen LogP contribution in [-0.4, -0.2) is 70.6 Å². The fourth-order valence-corrected chi connectivity index (χ4v) is 6.34. The molecule has 0 aliphatic carbocycles. The number of fused-ring (bicyclic) bond motifs is 1. The van der Waals surface area contributed by atoms with Gasteiger partial charge in [0.1, 0.15) is 23.5 Å². The van der Waals surface area contributed by atoms with Gasteiger partial charge in [-0.25, -0.2) is 14.3 Å². The van der Waals surface area contributed by atoms with E-state index >= 15 is 0 Å². The van der Waals surface area contributed by atoms with Gasteiger partial charge in [0.05, 0.1) is 6.10 Å². The Kier molecular flexibility index (Phi) is 7.15. The summed E-state index contributed by atoms with van der Waals surface area (Å²) in [5, 5.41) is 11.4.